The summed E-state index contributed by atoms with van der Waals surface area (Å²) in [5.41, 5.74) is 1.76. The number of ether oxygens (including phenoxy) is 4. The van der Waals surface area contributed by atoms with Crippen LogP contribution in [-0.2, 0) is 24.5 Å². The van der Waals surface area contributed by atoms with Crippen molar-refractivity contribution in [3.8, 4) is 6.07 Å². The largest absolute Gasteiger partial charge is 0.383 e. The molecular formula is C33H36N2O4. The average Bonchev–Trinajstić information content (AvgIpc) is 3.34. The molecule has 2 heterocycles. The minimum Gasteiger partial charge on any atom is -0.383 e. The van der Waals surface area contributed by atoms with Gasteiger partial charge in [0, 0.05) is 20.3 Å². The van der Waals surface area contributed by atoms with Gasteiger partial charge < -0.3 is 23.8 Å². The van der Waals surface area contributed by atoms with Gasteiger partial charge in [0.1, 0.15) is 29.5 Å². The summed E-state index contributed by atoms with van der Waals surface area (Å²) in [5, 5.41) is 10.0. The Morgan fingerprint density at radius 1 is 0.897 bits per heavy atom. The van der Waals surface area contributed by atoms with E-state index in [4.69, 9.17) is 18.9 Å². The lowest BCUT2D eigenvalue weighted by Gasteiger charge is -2.37. The molecule has 3 aromatic rings. The van der Waals surface area contributed by atoms with Crippen molar-refractivity contribution in [2.24, 2.45) is 0 Å². The molecule has 0 amide bonds. The van der Waals surface area contributed by atoms with Gasteiger partial charge in [0.2, 0.25) is 0 Å². The Kier molecular flexibility index (Phi) is 7.37. The molecule has 39 heavy (non-hydrogen) atoms. The molecule has 0 radical (unpaired) electrons. The van der Waals surface area contributed by atoms with Gasteiger partial charge in [-0.15, -0.1) is 0 Å². The third kappa shape index (κ3) is 4.99. The van der Waals surface area contributed by atoms with E-state index in [9.17, 15) is 5.26 Å². The van der Waals surface area contributed by atoms with Crippen LogP contribution in [0, 0.1) is 11.3 Å². The Morgan fingerprint density at radius 3 is 1.82 bits per heavy atom. The number of nitrogens with zero attached hydrogens (tertiary/aromatic N) is 2. The Labute approximate surface area is 231 Å². The predicted octanol–water partition coefficient (Wildman–Crippen LogP) is 5.64. The van der Waals surface area contributed by atoms with E-state index < -0.39 is 35.3 Å². The molecule has 0 aromatic heterocycles. The fourth-order valence-electron chi connectivity index (χ4n) is 5.98. The highest BCUT2D eigenvalue weighted by molar-refractivity contribution is 5.47. The first-order chi connectivity index (χ1) is 18.7. The topological polar surface area (TPSA) is 64.0 Å². The van der Waals surface area contributed by atoms with E-state index in [0.717, 1.165) is 16.7 Å². The molecule has 2 aliphatic heterocycles. The Morgan fingerprint density at radius 2 is 1.38 bits per heavy atom. The number of nitriles is 1. The van der Waals surface area contributed by atoms with Crippen LogP contribution in [0.2, 0.25) is 0 Å². The van der Waals surface area contributed by atoms with E-state index >= 15 is 0 Å². The van der Waals surface area contributed by atoms with Gasteiger partial charge in [-0.25, -0.2) is 0 Å². The summed E-state index contributed by atoms with van der Waals surface area (Å²) in [5.74, 6) is -0.826. The van der Waals surface area contributed by atoms with E-state index in [1.165, 1.54) is 0 Å². The fourth-order valence-corrected chi connectivity index (χ4v) is 5.98. The molecule has 4 atom stereocenters. The van der Waals surface area contributed by atoms with Crippen LogP contribution in [0.3, 0.4) is 0 Å². The predicted molar refractivity (Wildman–Crippen MR) is 150 cm³/mol. The van der Waals surface area contributed by atoms with Crippen molar-refractivity contribution in [2.75, 3.05) is 20.7 Å². The third-order valence-electron chi connectivity index (χ3n) is 7.42. The molecule has 3 aromatic carbocycles. The minimum atomic E-state index is -0.895. The first-order valence-electron chi connectivity index (χ1n) is 13.3. The maximum absolute atomic E-state index is 10.0. The van der Waals surface area contributed by atoms with Gasteiger partial charge in [-0.1, -0.05) is 91.0 Å². The van der Waals surface area contributed by atoms with Gasteiger partial charge >= 0.3 is 0 Å². The molecule has 0 spiro atoms. The van der Waals surface area contributed by atoms with Crippen molar-refractivity contribution in [1.82, 2.24) is 4.90 Å². The number of benzene rings is 3. The lowest BCUT2D eigenvalue weighted by molar-refractivity contribution is -0.203. The second-order valence-electron chi connectivity index (χ2n) is 11.0. The van der Waals surface area contributed by atoms with E-state index in [1.807, 2.05) is 94.4 Å². The molecule has 0 aliphatic carbocycles. The van der Waals surface area contributed by atoms with Gasteiger partial charge in [0.15, 0.2) is 5.79 Å². The maximum atomic E-state index is 10.0. The van der Waals surface area contributed by atoms with Crippen LogP contribution >= 0.6 is 0 Å². The van der Waals surface area contributed by atoms with E-state index in [2.05, 4.69) is 42.5 Å². The van der Waals surface area contributed by atoms with Crippen molar-refractivity contribution >= 4 is 0 Å². The van der Waals surface area contributed by atoms with Crippen molar-refractivity contribution in [1.29, 1.82) is 5.26 Å². The van der Waals surface area contributed by atoms with Crippen molar-refractivity contribution in [3.63, 3.8) is 0 Å². The number of rotatable bonds is 8. The first-order valence-corrected chi connectivity index (χ1v) is 13.3. The second-order valence-corrected chi connectivity index (χ2v) is 11.0. The van der Waals surface area contributed by atoms with Crippen LogP contribution in [0.5, 0.6) is 0 Å². The molecule has 0 N–H and O–H groups in total. The zero-order valence-electron chi connectivity index (χ0n) is 23.2. The molecule has 202 valence electrons. The highest BCUT2D eigenvalue weighted by atomic mass is 16.8. The standard InChI is InChI=1S/C33H36N2O4/c1-31(2)38-30-28(37-29(32(30,3)39-31)24(21-34)22-35(4)5)23-36-33(25-15-9-6-10-16-25,26-17-11-7-12-18-26)27-19-13-8-14-20-27/h6-20,22,28-30H,23H2,1-5H3/t28-,29?,30-,32+/m1/s1. The summed E-state index contributed by atoms with van der Waals surface area (Å²) in [6.45, 7) is 5.98. The SMILES string of the molecule is CN(C)C=C(C#N)C1O[C@H](COC(c2ccccc2)(c2ccccc2)c2ccccc2)[C@H]2OC(C)(C)O[C@@]12C. The molecular weight excluding hydrogens is 488 g/mol. The van der Waals surface area contributed by atoms with Gasteiger partial charge in [-0.05, 0) is 37.5 Å². The quantitative estimate of drug-likeness (QED) is 0.281. The molecule has 6 heteroatoms. The van der Waals surface area contributed by atoms with E-state index in [1.54, 1.807) is 6.20 Å². The van der Waals surface area contributed by atoms with Gasteiger partial charge in [0.25, 0.3) is 0 Å². The Hall–Kier alpha value is -3.47. The maximum Gasteiger partial charge on any atom is 0.164 e. The number of hydrogen-bond acceptors (Lipinski definition) is 6. The first kappa shape index (κ1) is 27.1. The van der Waals surface area contributed by atoms with Crippen LogP contribution in [-0.4, -0.2) is 55.3 Å². The number of hydrogen-bond donors (Lipinski definition) is 0. The molecule has 2 saturated heterocycles. The van der Waals surface area contributed by atoms with E-state index in [-0.39, 0.29) is 6.61 Å². The molecule has 2 aliphatic rings. The second kappa shape index (κ2) is 10.6. The van der Waals surface area contributed by atoms with Crippen molar-refractivity contribution < 1.29 is 18.9 Å². The summed E-state index contributed by atoms with van der Waals surface area (Å²) in [4.78, 5) is 1.84. The summed E-state index contributed by atoms with van der Waals surface area (Å²) < 4.78 is 26.5. The number of fused-ring (bicyclic) bond motifs is 1. The third-order valence-corrected chi connectivity index (χ3v) is 7.42. The van der Waals surface area contributed by atoms with Gasteiger partial charge in [-0.3, -0.25) is 0 Å². The summed E-state index contributed by atoms with van der Waals surface area (Å²) >= 11 is 0. The normalized spacial score (nSPS) is 26.2. The van der Waals surface area contributed by atoms with Crippen molar-refractivity contribution in [3.05, 3.63) is 119 Å². The van der Waals surface area contributed by atoms with Gasteiger partial charge in [0.05, 0.1) is 18.2 Å². The monoisotopic (exact) mass is 524 g/mol. The van der Waals surface area contributed by atoms with Crippen LogP contribution in [0.1, 0.15) is 37.5 Å². The zero-order chi connectivity index (χ0) is 27.7. The summed E-state index contributed by atoms with van der Waals surface area (Å²) in [6, 6.07) is 33.1. The van der Waals surface area contributed by atoms with Crippen molar-refractivity contribution in [2.45, 2.75) is 56.1 Å². The molecule has 0 saturated carbocycles. The highest BCUT2D eigenvalue weighted by Gasteiger charge is 2.64. The lowest BCUT2D eigenvalue weighted by Crippen LogP contribution is -2.45. The van der Waals surface area contributed by atoms with Crippen LogP contribution in [0.25, 0.3) is 0 Å². The Bertz CT molecular complexity index is 1240. The Balaban J connectivity index is 1.58. The molecule has 6 nitrogen and oxygen atoms in total. The average molecular weight is 525 g/mol. The molecule has 1 unspecified atom stereocenters. The van der Waals surface area contributed by atoms with Crippen LogP contribution in [0.15, 0.2) is 103 Å². The summed E-state index contributed by atoms with van der Waals surface area (Å²) in [7, 11) is 3.77. The minimum absolute atomic E-state index is 0.218. The smallest absolute Gasteiger partial charge is 0.164 e. The molecule has 5 rings (SSSR count). The zero-order valence-corrected chi connectivity index (χ0v) is 23.2. The molecule has 0 bridgehead atoms. The fraction of sp³-hybridized carbons (Fsp3) is 0.364. The summed E-state index contributed by atoms with van der Waals surface area (Å²) in [6.07, 6.45) is 0.269. The van der Waals surface area contributed by atoms with Gasteiger partial charge in [-0.2, -0.15) is 5.26 Å². The molecule has 2 fully saturated rings. The van der Waals surface area contributed by atoms with Crippen LogP contribution in [0.4, 0.5) is 0 Å². The van der Waals surface area contributed by atoms with Crippen LogP contribution < -0.4 is 0 Å². The highest BCUT2D eigenvalue weighted by Crippen LogP contribution is 2.49. The van der Waals surface area contributed by atoms with E-state index in [0.29, 0.717) is 5.57 Å². The lowest BCUT2D eigenvalue weighted by atomic mass is 9.80.